The zero-order chi connectivity index (χ0) is 17.7. The van der Waals surface area contributed by atoms with Crippen LogP contribution in [-0.2, 0) is 13.0 Å². The van der Waals surface area contributed by atoms with Crippen LogP contribution < -0.4 is 15.4 Å². The minimum absolute atomic E-state index is 0. The molecule has 142 valence electrons. The van der Waals surface area contributed by atoms with Crippen LogP contribution in [0.25, 0.3) is 0 Å². The molecule has 0 atom stereocenters. The third-order valence-electron chi connectivity index (χ3n) is 3.44. The van der Waals surface area contributed by atoms with E-state index in [0.29, 0.717) is 26.2 Å². The van der Waals surface area contributed by atoms with Gasteiger partial charge in [-0.25, -0.2) is 0 Å². The number of ether oxygens (including phenoxy) is 1. The number of hydrogen-bond acceptors (Lipinski definition) is 4. The quantitative estimate of drug-likeness (QED) is 0.183. The van der Waals surface area contributed by atoms with Crippen LogP contribution in [0.5, 0.6) is 5.75 Å². The van der Waals surface area contributed by atoms with Gasteiger partial charge in [0.25, 0.3) is 0 Å². The number of hydrogen-bond donors (Lipinski definition) is 2. The molecule has 1 aromatic heterocycles. The van der Waals surface area contributed by atoms with Gasteiger partial charge in [0.15, 0.2) is 5.96 Å². The van der Waals surface area contributed by atoms with Gasteiger partial charge in [-0.05, 0) is 12.1 Å². The largest absolute Gasteiger partial charge is 0.492 e. The number of guanidine groups is 1. The van der Waals surface area contributed by atoms with E-state index in [1.54, 1.807) is 12.4 Å². The molecule has 0 bridgehead atoms. The second-order valence-corrected chi connectivity index (χ2v) is 5.28. The first kappa shape index (κ1) is 21.9. The van der Waals surface area contributed by atoms with Gasteiger partial charge in [-0.2, -0.15) is 0 Å². The predicted molar refractivity (Wildman–Crippen MR) is 115 cm³/mol. The molecular formula is C18H27IN6O. The number of nitrogens with zero attached hydrogens (tertiary/aromatic N) is 4. The molecule has 0 radical (unpaired) electrons. The lowest BCUT2D eigenvalue weighted by molar-refractivity contribution is 0.322. The molecule has 1 aromatic carbocycles. The maximum atomic E-state index is 5.67. The van der Waals surface area contributed by atoms with Crippen LogP contribution in [-0.4, -0.2) is 47.0 Å². The Morgan fingerprint density at radius 3 is 2.85 bits per heavy atom. The van der Waals surface area contributed by atoms with Gasteiger partial charge >= 0.3 is 0 Å². The molecule has 0 aliphatic heterocycles. The number of aryl methyl sites for hydroxylation is 1. The summed E-state index contributed by atoms with van der Waals surface area (Å²) in [5.41, 5.74) is 0. The van der Waals surface area contributed by atoms with Crippen molar-refractivity contribution in [3.05, 3.63) is 55.1 Å². The Hall–Kier alpha value is -2.10. The molecular weight excluding hydrogens is 443 g/mol. The molecule has 0 spiro atoms. The van der Waals surface area contributed by atoms with Crippen LogP contribution in [0.15, 0.2) is 54.3 Å². The lowest BCUT2D eigenvalue weighted by Crippen LogP contribution is -2.39. The van der Waals surface area contributed by atoms with E-state index in [0.717, 1.165) is 30.5 Å². The molecule has 0 unspecified atom stereocenters. The minimum atomic E-state index is 0. The van der Waals surface area contributed by atoms with Gasteiger partial charge in [-0.1, -0.05) is 31.2 Å². The molecule has 26 heavy (non-hydrogen) atoms. The fraction of sp³-hybridized carbons (Fsp3) is 0.389. The highest BCUT2D eigenvalue weighted by Gasteiger charge is 2.01. The maximum Gasteiger partial charge on any atom is 0.191 e. The predicted octanol–water partition coefficient (Wildman–Crippen LogP) is 2.26. The zero-order valence-electron chi connectivity index (χ0n) is 15.1. The van der Waals surface area contributed by atoms with Gasteiger partial charge in [-0.15, -0.1) is 40.8 Å². The third kappa shape index (κ3) is 7.85. The molecule has 2 aromatic rings. The summed E-state index contributed by atoms with van der Waals surface area (Å²) < 4.78 is 7.69. The number of benzene rings is 1. The topological polar surface area (TPSA) is 76.4 Å². The van der Waals surface area contributed by atoms with Gasteiger partial charge in [0, 0.05) is 19.5 Å². The Balaban J connectivity index is 0.00000338. The molecule has 0 saturated carbocycles. The number of aromatic nitrogens is 3. The van der Waals surface area contributed by atoms with E-state index in [-0.39, 0.29) is 24.0 Å². The average molecular weight is 470 g/mol. The van der Waals surface area contributed by atoms with Gasteiger partial charge in [0.05, 0.1) is 13.1 Å². The molecule has 0 aliphatic rings. The Kier molecular flexibility index (Phi) is 11.1. The normalized spacial score (nSPS) is 10.7. The van der Waals surface area contributed by atoms with Crippen LogP contribution in [0.1, 0.15) is 12.7 Å². The summed E-state index contributed by atoms with van der Waals surface area (Å²) >= 11 is 0. The van der Waals surface area contributed by atoms with Crippen LogP contribution in [0.4, 0.5) is 0 Å². The molecule has 2 N–H and O–H groups in total. The molecule has 0 amide bonds. The van der Waals surface area contributed by atoms with Crippen molar-refractivity contribution >= 4 is 29.9 Å². The summed E-state index contributed by atoms with van der Waals surface area (Å²) in [5, 5.41) is 14.5. The SMILES string of the molecule is C=CCNC(=NCCn1cnnc1CC)NCCOc1ccccc1.I. The van der Waals surface area contributed by atoms with Crippen molar-refractivity contribution in [1.82, 2.24) is 25.4 Å². The first-order valence-corrected chi connectivity index (χ1v) is 8.51. The summed E-state index contributed by atoms with van der Waals surface area (Å²) in [6.07, 6.45) is 4.40. The van der Waals surface area contributed by atoms with Crippen molar-refractivity contribution in [2.45, 2.75) is 19.9 Å². The highest BCUT2D eigenvalue weighted by Crippen LogP contribution is 2.07. The maximum absolute atomic E-state index is 5.67. The van der Waals surface area contributed by atoms with E-state index in [4.69, 9.17) is 4.74 Å². The molecule has 0 saturated heterocycles. The highest BCUT2D eigenvalue weighted by atomic mass is 127. The summed E-state index contributed by atoms with van der Waals surface area (Å²) in [6.45, 7) is 9.04. The monoisotopic (exact) mass is 470 g/mol. The average Bonchev–Trinajstić information content (AvgIpc) is 3.11. The number of nitrogens with one attached hydrogen (secondary N) is 2. The summed E-state index contributed by atoms with van der Waals surface area (Å²) in [7, 11) is 0. The molecule has 0 aliphatic carbocycles. The fourth-order valence-corrected chi connectivity index (χ4v) is 2.21. The Bertz CT molecular complexity index is 659. The van der Waals surface area contributed by atoms with Crippen molar-refractivity contribution < 1.29 is 4.74 Å². The van der Waals surface area contributed by atoms with Crippen molar-refractivity contribution in [1.29, 1.82) is 0 Å². The Labute approximate surface area is 172 Å². The molecule has 2 rings (SSSR count). The summed E-state index contributed by atoms with van der Waals surface area (Å²) in [5.74, 6) is 2.57. The first-order chi connectivity index (χ1) is 12.3. The van der Waals surface area contributed by atoms with Crippen LogP contribution in [0.2, 0.25) is 0 Å². The lowest BCUT2D eigenvalue weighted by Gasteiger charge is -2.12. The number of halogens is 1. The van der Waals surface area contributed by atoms with Crippen molar-refractivity contribution in [3.8, 4) is 5.75 Å². The van der Waals surface area contributed by atoms with Gasteiger partial charge in [0.1, 0.15) is 24.5 Å². The molecule has 0 fully saturated rings. The van der Waals surface area contributed by atoms with Gasteiger partial charge in [0.2, 0.25) is 0 Å². The second kappa shape index (κ2) is 13.2. The number of para-hydroxylation sites is 1. The van der Waals surface area contributed by atoms with E-state index >= 15 is 0 Å². The van der Waals surface area contributed by atoms with Gasteiger partial charge < -0.3 is 19.9 Å². The van der Waals surface area contributed by atoms with Crippen LogP contribution >= 0.6 is 24.0 Å². The number of rotatable bonds is 10. The van der Waals surface area contributed by atoms with E-state index in [9.17, 15) is 0 Å². The van der Waals surface area contributed by atoms with Gasteiger partial charge in [-0.3, -0.25) is 4.99 Å². The van der Waals surface area contributed by atoms with Crippen molar-refractivity contribution in [2.75, 3.05) is 26.2 Å². The van der Waals surface area contributed by atoms with Crippen molar-refractivity contribution in [3.63, 3.8) is 0 Å². The zero-order valence-corrected chi connectivity index (χ0v) is 17.4. The fourth-order valence-electron chi connectivity index (χ4n) is 2.21. The second-order valence-electron chi connectivity index (χ2n) is 5.28. The van der Waals surface area contributed by atoms with E-state index in [2.05, 4.69) is 39.3 Å². The Morgan fingerprint density at radius 2 is 2.12 bits per heavy atom. The Morgan fingerprint density at radius 1 is 1.31 bits per heavy atom. The molecule has 1 heterocycles. The van der Waals surface area contributed by atoms with E-state index in [1.807, 2.05) is 34.9 Å². The molecule has 8 heteroatoms. The lowest BCUT2D eigenvalue weighted by atomic mass is 10.3. The van der Waals surface area contributed by atoms with Crippen molar-refractivity contribution in [2.24, 2.45) is 4.99 Å². The highest BCUT2D eigenvalue weighted by molar-refractivity contribution is 14.0. The van der Waals surface area contributed by atoms with E-state index in [1.165, 1.54) is 0 Å². The minimum Gasteiger partial charge on any atom is -0.492 e. The number of aliphatic imine (C=N–C) groups is 1. The third-order valence-corrected chi connectivity index (χ3v) is 3.44. The summed E-state index contributed by atoms with van der Waals surface area (Å²) in [4.78, 5) is 4.57. The summed E-state index contributed by atoms with van der Waals surface area (Å²) in [6, 6.07) is 9.76. The smallest absolute Gasteiger partial charge is 0.191 e. The molecule has 7 nitrogen and oxygen atoms in total. The standard InChI is InChI=1S/C18H26N6O.HI/c1-3-10-19-18(20-11-13-24-15-22-23-17(24)4-2)21-12-14-25-16-8-6-5-7-9-16;/h3,5-9,15H,1,4,10-14H2,2H3,(H2,19,20,21);1H. The van der Waals surface area contributed by atoms with Crippen LogP contribution in [0.3, 0.4) is 0 Å². The van der Waals surface area contributed by atoms with E-state index < -0.39 is 0 Å². The first-order valence-electron chi connectivity index (χ1n) is 8.51. The van der Waals surface area contributed by atoms with Crippen LogP contribution in [0, 0.1) is 0 Å².